The minimum Gasteiger partial charge on any atom is -0.478 e. The van der Waals surface area contributed by atoms with Crippen LogP contribution in [0.2, 0.25) is 0 Å². The zero-order valence-electron chi connectivity index (χ0n) is 19.0. The molecule has 0 radical (unpaired) electrons. The number of nitrogens with one attached hydrogen (secondary N) is 1. The van der Waals surface area contributed by atoms with E-state index in [2.05, 4.69) is 15.7 Å². The van der Waals surface area contributed by atoms with Gasteiger partial charge >= 0.3 is 17.8 Å². The molecule has 37 heavy (non-hydrogen) atoms. The summed E-state index contributed by atoms with van der Waals surface area (Å²) in [6.45, 7) is 1.62. The average Bonchev–Trinajstić information content (AvgIpc) is 3.19. The molecule has 4 rings (SSSR count). The molecule has 1 heterocycles. The molecule has 4 aromatic rings. The SMILES string of the molecule is Cc1cc(Cn2nnn(-c3ccccc3C(F)(F)F)c2=O)ccc1NC(=O)c1cccc(I)c1C(=O)O. The number of carboxylic acid groups (broad SMARTS) is 1. The molecule has 0 saturated heterocycles. The second-order valence-corrected chi connectivity index (χ2v) is 9.08. The molecule has 190 valence electrons. The molecule has 0 fully saturated rings. The van der Waals surface area contributed by atoms with E-state index in [4.69, 9.17) is 0 Å². The smallest absolute Gasteiger partial charge is 0.418 e. The number of aromatic carboxylic acids is 1. The van der Waals surface area contributed by atoms with Gasteiger partial charge in [0.15, 0.2) is 0 Å². The lowest BCUT2D eigenvalue weighted by molar-refractivity contribution is -0.137. The Kier molecular flexibility index (Phi) is 7.16. The van der Waals surface area contributed by atoms with Crippen LogP contribution in [0.25, 0.3) is 5.69 Å². The van der Waals surface area contributed by atoms with Gasteiger partial charge in [-0.25, -0.2) is 9.59 Å². The average molecular weight is 623 g/mol. The Morgan fingerprint density at radius 1 is 1.05 bits per heavy atom. The highest BCUT2D eigenvalue weighted by Gasteiger charge is 2.34. The number of benzene rings is 3. The van der Waals surface area contributed by atoms with Gasteiger partial charge in [0.2, 0.25) is 0 Å². The Bertz CT molecular complexity index is 1580. The lowest BCUT2D eigenvalue weighted by atomic mass is 10.1. The summed E-state index contributed by atoms with van der Waals surface area (Å²) >= 11 is 1.84. The first kappa shape index (κ1) is 26.1. The fraction of sp³-hybridized carbons (Fsp3) is 0.125. The van der Waals surface area contributed by atoms with Crippen LogP contribution in [0.5, 0.6) is 0 Å². The van der Waals surface area contributed by atoms with Crippen LogP contribution < -0.4 is 11.0 Å². The molecule has 9 nitrogen and oxygen atoms in total. The summed E-state index contributed by atoms with van der Waals surface area (Å²) in [5, 5.41) is 19.5. The van der Waals surface area contributed by atoms with E-state index in [0.29, 0.717) is 25.1 Å². The molecule has 1 aromatic heterocycles. The highest BCUT2D eigenvalue weighted by Crippen LogP contribution is 2.32. The predicted molar refractivity (Wildman–Crippen MR) is 135 cm³/mol. The fourth-order valence-electron chi connectivity index (χ4n) is 3.68. The number of rotatable bonds is 6. The van der Waals surface area contributed by atoms with Crippen LogP contribution >= 0.6 is 22.6 Å². The quantitative estimate of drug-likeness (QED) is 0.309. The number of hydrogen-bond acceptors (Lipinski definition) is 5. The number of aryl methyl sites for hydroxylation is 1. The number of halogens is 4. The van der Waals surface area contributed by atoms with Gasteiger partial charge in [0.05, 0.1) is 28.9 Å². The van der Waals surface area contributed by atoms with Crippen molar-refractivity contribution < 1.29 is 27.9 Å². The van der Waals surface area contributed by atoms with Gasteiger partial charge in [-0.1, -0.05) is 30.3 Å². The number of amides is 1. The molecule has 13 heteroatoms. The van der Waals surface area contributed by atoms with Gasteiger partial charge in [-0.15, -0.1) is 0 Å². The predicted octanol–water partition coefficient (Wildman–Crippen LogP) is 4.36. The van der Waals surface area contributed by atoms with Crippen LogP contribution in [0.15, 0.2) is 65.5 Å². The van der Waals surface area contributed by atoms with Crippen LogP contribution in [-0.4, -0.2) is 36.8 Å². The number of tetrazole rings is 1. The third kappa shape index (κ3) is 5.40. The van der Waals surface area contributed by atoms with Gasteiger partial charge in [0, 0.05) is 9.26 Å². The van der Waals surface area contributed by atoms with E-state index in [1.165, 1.54) is 18.2 Å². The number of hydrogen-bond donors (Lipinski definition) is 2. The molecule has 0 saturated carbocycles. The number of carbonyl (C=O) groups is 2. The molecule has 0 spiro atoms. The van der Waals surface area contributed by atoms with E-state index in [-0.39, 0.29) is 17.7 Å². The van der Waals surface area contributed by atoms with Crippen molar-refractivity contribution in [1.82, 2.24) is 19.8 Å². The monoisotopic (exact) mass is 623 g/mol. The molecule has 0 aliphatic carbocycles. The van der Waals surface area contributed by atoms with E-state index in [1.54, 1.807) is 37.3 Å². The summed E-state index contributed by atoms with van der Waals surface area (Å²) in [6.07, 6.45) is -4.68. The minimum absolute atomic E-state index is 0.00480. The second-order valence-electron chi connectivity index (χ2n) is 7.92. The van der Waals surface area contributed by atoms with Crippen LogP contribution in [0.1, 0.15) is 37.4 Å². The maximum atomic E-state index is 13.4. The zero-order valence-corrected chi connectivity index (χ0v) is 21.1. The van der Waals surface area contributed by atoms with Gasteiger partial charge in [0.25, 0.3) is 5.91 Å². The number of carboxylic acids is 1. The van der Waals surface area contributed by atoms with Crippen LogP contribution in [0, 0.1) is 10.5 Å². The Balaban J connectivity index is 1.57. The third-order valence-corrected chi connectivity index (χ3v) is 6.32. The van der Waals surface area contributed by atoms with E-state index in [9.17, 15) is 32.7 Å². The van der Waals surface area contributed by atoms with Crippen molar-refractivity contribution in [2.24, 2.45) is 0 Å². The first-order chi connectivity index (χ1) is 17.5. The van der Waals surface area contributed by atoms with Crippen molar-refractivity contribution in [2.75, 3.05) is 5.32 Å². The number of aromatic nitrogens is 4. The summed E-state index contributed by atoms with van der Waals surface area (Å²) in [6, 6.07) is 14.0. The molecule has 2 N–H and O–H groups in total. The maximum Gasteiger partial charge on any atom is 0.418 e. The number of para-hydroxylation sites is 1. The lowest BCUT2D eigenvalue weighted by Crippen LogP contribution is -2.26. The normalized spacial score (nSPS) is 11.4. The van der Waals surface area contributed by atoms with Crippen molar-refractivity contribution in [3.8, 4) is 5.69 Å². The Morgan fingerprint density at radius 3 is 2.46 bits per heavy atom. The van der Waals surface area contributed by atoms with Gasteiger partial charge in [-0.05, 0) is 81.4 Å². The van der Waals surface area contributed by atoms with Crippen molar-refractivity contribution in [1.29, 1.82) is 0 Å². The molecule has 0 aliphatic rings. The molecule has 0 atom stereocenters. The van der Waals surface area contributed by atoms with E-state index < -0.39 is 35.0 Å². The van der Waals surface area contributed by atoms with Gasteiger partial charge < -0.3 is 10.4 Å². The molecule has 3 aromatic carbocycles. The summed E-state index contributed by atoms with van der Waals surface area (Å²) in [5.74, 6) is -1.83. The Hall–Kier alpha value is -4.01. The summed E-state index contributed by atoms with van der Waals surface area (Å²) in [7, 11) is 0. The number of nitrogens with zero attached hydrogens (tertiary/aromatic N) is 4. The van der Waals surface area contributed by atoms with Crippen molar-refractivity contribution in [2.45, 2.75) is 19.6 Å². The van der Waals surface area contributed by atoms with Crippen LogP contribution in [0.3, 0.4) is 0 Å². The highest BCUT2D eigenvalue weighted by atomic mass is 127. The Morgan fingerprint density at radius 2 is 1.78 bits per heavy atom. The first-order valence-corrected chi connectivity index (χ1v) is 11.7. The second kappa shape index (κ2) is 10.2. The topological polar surface area (TPSA) is 119 Å². The van der Waals surface area contributed by atoms with E-state index in [0.717, 1.165) is 16.8 Å². The van der Waals surface area contributed by atoms with Gasteiger partial charge in [-0.2, -0.15) is 22.5 Å². The minimum atomic E-state index is -4.68. The highest BCUT2D eigenvalue weighted by molar-refractivity contribution is 14.1. The van der Waals surface area contributed by atoms with E-state index in [1.807, 2.05) is 22.6 Å². The molecular formula is C24H17F3IN5O4. The molecule has 0 aliphatic heterocycles. The Labute approximate surface area is 220 Å². The first-order valence-electron chi connectivity index (χ1n) is 10.6. The molecule has 1 amide bonds. The largest absolute Gasteiger partial charge is 0.478 e. The lowest BCUT2D eigenvalue weighted by Gasteiger charge is -2.12. The maximum absolute atomic E-state index is 13.4. The van der Waals surface area contributed by atoms with Crippen LogP contribution in [-0.2, 0) is 12.7 Å². The van der Waals surface area contributed by atoms with Crippen molar-refractivity contribution >= 4 is 40.2 Å². The van der Waals surface area contributed by atoms with Crippen molar-refractivity contribution in [3.05, 3.63) is 103 Å². The van der Waals surface area contributed by atoms with Gasteiger partial charge in [0.1, 0.15) is 0 Å². The number of carbonyl (C=O) groups excluding carboxylic acids is 1. The summed E-state index contributed by atoms with van der Waals surface area (Å²) in [4.78, 5) is 37.1. The summed E-state index contributed by atoms with van der Waals surface area (Å²) < 4.78 is 42.0. The summed E-state index contributed by atoms with van der Waals surface area (Å²) in [5.41, 5.74) is -0.804. The fourth-order valence-corrected chi connectivity index (χ4v) is 4.41. The van der Waals surface area contributed by atoms with Crippen LogP contribution in [0.4, 0.5) is 18.9 Å². The molecule has 0 bridgehead atoms. The molecule has 0 unspecified atom stereocenters. The molecular weight excluding hydrogens is 606 g/mol. The van der Waals surface area contributed by atoms with E-state index >= 15 is 0 Å². The van der Waals surface area contributed by atoms with Gasteiger partial charge in [-0.3, -0.25) is 4.79 Å². The standard InChI is InChI=1S/C24H17F3IN5O4/c1-13-11-14(9-10-18(13)29-21(34)15-5-4-7-17(28)20(15)22(35)36)12-32-23(37)33(31-30-32)19-8-3-2-6-16(19)24(25,26)27/h2-11H,12H2,1H3,(H,29,34)(H,35,36). The van der Waals surface area contributed by atoms with Crippen molar-refractivity contribution in [3.63, 3.8) is 0 Å². The number of alkyl halides is 3. The number of anilines is 1. The zero-order chi connectivity index (χ0) is 26.9. The third-order valence-electron chi connectivity index (χ3n) is 5.42.